The molecule has 0 aliphatic carbocycles. The van der Waals surface area contributed by atoms with E-state index in [-0.39, 0.29) is 35.2 Å². The molecule has 8 nitrogen and oxygen atoms in total. The smallest absolute Gasteiger partial charge is 0.417 e. The van der Waals surface area contributed by atoms with Crippen LogP contribution in [0.3, 0.4) is 0 Å². The molecule has 3 aromatic rings. The lowest BCUT2D eigenvalue weighted by atomic mass is 10.2. The summed E-state index contributed by atoms with van der Waals surface area (Å²) in [6.45, 7) is 0. The van der Waals surface area contributed by atoms with E-state index in [0.717, 1.165) is 12.1 Å². The highest BCUT2D eigenvalue weighted by Crippen LogP contribution is 2.37. The second kappa shape index (κ2) is 8.35. The van der Waals surface area contributed by atoms with Crippen molar-refractivity contribution in [1.29, 1.82) is 0 Å². The maximum Gasteiger partial charge on any atom is 0.417 e. The third-order valence-corrected chi connectivity index (χ3v) is 4.54. The molecule has 1 aromatic heterocycles. The fourth-order valence-electron chi connectivity index (χ4n) is 2.84. The summed E-state index contributed by atoms with van der Waals surface area (Å²) in [5.74, 6) is -0.0640. The van der Waals surface area contributed by atoms with Crippen molar-refractivity contribution >= 4 is 35.0 Å². The molecule has 0 saturated heterocycles. The predicted octanol–water partition coefficient (Wildman–Crippen LogP) is 5.05. The van der Waals surface area contributed by atoms with E-state index < -0.39 is 28.8 Å². The van der Waals surface area contributed by atoms with E-state index >= 15 is 0 Å². The molecule has 32 heavy (non-hydrogen) atoms. The van der Waals surface area contributed by atoms with Gasteiger partial charge in [-0.15, -0.1) is 0 Å². The average Bonchev–Trinajstić information content (AvgIpc) is 3.10. The summed E-state index contributed by atoms with van der Waals surface area (Å²) in [7, 11) is 0. The van der Waals surface area contributed by atoms with Crippen LogP contribution in [0.15, 0.2) is 48.8 Å². The third-order valence-electron chi connectivity index (χ3n) is 4.21. The molecular formula is C20H12ClF3N4O4. The molecule has 0 spiro atoms. The molecule has 164 valence electrons. The molecule has 1 aliphatic rings. The Morgan fingerprint density at radius 2 is 1.84 bits per heavy atom. The number of anilines is 2. The lowest BCUT2D eigenvalue weighted by Gasteiger charge is -2.13. The minimum Gasteiger partial charge on any atom is -0.436 e. The number of hydrogen-bond acceptors (Lipinski definition) is 6. The van der Waals surface area contributed by atoms with Gasteiger partial charge in [-0.3, -0.25) is 4.79 Å². The second-order valence-corrected chi connectivity index (χ2v) is 6.91. The van der Waals surface area contributed by atoms with Gasteiger partial charge in [0.05, 0.1) is 17.0 Å². The molecule has 2 amide bonds. The van der Waals surface area contributed by atoms with E-state index in [1.54, 1.807) is 18.2 Å². The van der Waals surface area contributed by atoms with Crippen LogP contribution in [0.5, 0.6) is 17.4 Å². The van der Waals surface area contributed by atoms with Crippen LogP contribution in [0.4, 0.5) is 29.3 Å². The summed E-state index contributed by atoms with van der Waals surface area (Å²) in [6, 6.07) is 8.38. The van der Waals surface area contributed by atoms with Crippen molar-refractivity contribution in [3.05, 3.63) is 65.1 Å². The van der Waals surface area contributed by atoms with E-state index in [4.69, 9.17) is 21.1 Å². The Kier molecular flexibility index (Phi) is 5.57. The number of nitrogens with zero attached hydrogens (tertiary/aromatic N) is 2. The van der Waals surface area contributed by atoms with E-state index in [9.17, 15) is 22.8 Å². The number of carbonyl (C=O) groups is 2. The Balaban J connectivity index is 1.46. The first kappa shape index (κ1) is 21.4. The summed E-state index contributed by atoms with van der Waals surface area (Å²) in [5, 5.41) is 4.32. The van der Waals surface area contributed by atoms with Crippen molar-refractivity contribution in [1.82, 2.24) is 9.97 Å². The van der Waals surface area contributed by atoms with Gasteiger partial charge in [0.15, 0.2) is 0 Å². The molecular weight excluding hydrogens is 453 g/mol. The van der Waals surface area contributed by atoms with E-state index in [1.165, 1.54) is 18.5 Å². The van der Waals surface area contributed by atoms with Gasteiger partial charge in [-0.25, -0.2) is 9.78 Å². The standard InChI is InChI=1S/C20H12ClF3N4O4/c21-14-5-4-11(7-13(14)20(22,23)24)28-19(30)27-10-2-1-3-12(6-10)31-18-17-15(25-9-26-18)8-16(29)32-17/h1-7,9H,8H2,(H2,27,28,30). The third kappa shape index (κ3) is 4.72. The summed E-state index contributed by atoms with van der Waals surface area (Å²) >= 11 is 5.58. The van der Waals surface area contributed by atoms with Crippen molar-refractivity contribution in [2.75, 3.05) is 10.6 Å². The first-order valence-corrected chi connectivity index (χ1v) is 9.34. The van der Waals surface area contributed by atoms with E-state index in [2.05, 4.69) is 20.6 Å². The number of carbonyl (C=O) groups excluding carboxylic acids is 2. The molecule has 0 radical (unpaired) electrons. The minimum atomic E-state index is -4.66. The number of aromatic nitrogens is 2. The van der Waals surface area contributed by atoms with Crippen LogP contribution in [0.25, 0.3) is 0 Å². The Morgan fingerprint density at radius 1 is 1.09 bits per heavy atom. The molecule has 0 bridgehead atoms. The molecule has 1 aliphatic heterocycles. The van der Waals surface area contributed by atoms with Gasteiger partial charge >= 0.3 is 18.2 Å². The van der Waals surface area contributed by atoms with Crippen molar-refractivity contribution in [3.63, 3.8) is 0 Å². The highest BCUT2D eigenvalue weighted by Gasteiger charge is 2.33. The normalized spacial score (nSPS) is 12.7. The fraction of sp³-hybridized carbons (Fsp3) is 0.100. The monoisotopic (exact) mass is 464 g/mol. The number of benzene rings is 2. The number of ether oxygens (including phenoxy) is 2. The molecule has 4 rings (SSSR count). The SMILES string of the molecule is O=C(Nc1cccc(Oc2ncnc3c2OC(=O)C3)c1)Nc1ccc(Cl)c(C(F)(F)F)c1. The highest BCUT2D eigenvalue weighted by molar-refractivity contribution is 6.31. The number of halogens is 4. The fourth-order valence-corrected chi connectivity index (χ4v) is 3.07. The minimum absolute atomic E-state index is 0.0106. The molecule has 2 aromatic carbocycles. The van der Waals surface area contributed by atoms with Crippen molar-refractivity contribution in [3.8, 4) is 17.4 Å². The zero-order chi connectivity index (χ0) is 22.9. The Morgan fingerprint density at radius 3 is 2.59 bits per heavy atom. The van der Waals surface area contributed by atoms with Gasteiger partial charge in [0.25, 0.3) is 5.88 Å². The van der Waals surface area contributed by atoms with E-state index in [1.807, 2.05) is 0 Å². The topological polar surface area (TPSA) is 102 Å². The number of nitrogens with one attached hydrogen (secondary N) is 2. The molecule has 2 heterocycles. The maximum absolute atomic E-state index is 13.0. The summed E-state index contributed by atoms with van der Waals surface area (Å²) < 4.78 is 49.6. The first-order valence-electron chi connectivity index (χ1n) is 8.96. The predicted molar refractivity (Wildman–Crippen MR) is 107 cm³/mol. The zero-order valence-electron chi connectivity index (χ0n) is 15.9. The van der Waals surface area contributed by atoms with Crippen LogP contribution in [0.2, 0.25) is 5.02 Å². The molecule has 0 unspecified atom stereocenters. The second-order valence-electron chi connectivity index (χ2n) is 6.51. The lowest BCUT2D eigenvalue weighted by molar-refractivity contribution is -0.137. The molecule has 0 atom stereocenters. The molecule has 2 N–H and O–H groups in total. The number of rotatable bonds is 4. The number of hydrogen-bond donors (Lipinski definition) is 2. The van der Waals surface area contributed by atoms with Crippen molar-refractivity contribution < 1.29 is 32.2 Å². The van der Waals surface area contributed by atoms with Crippen molar-refractivity contribution in [2.45, 2.75) is 12.6 Å². The number of amides is 2. The van der Waals surface area contributed by atoms with Gasteiger partial charge < -0.3 is 20.1 Å². The first-order chi connectivity index (χ1) is 15.2. The highest BCUT2D eigenvalue weighted by atomic mass is 35.5. The summed E-state index contributed by atoms with van der Waals surface area (Å²) in [6.07, 6.45) is -3.42. The van der Waals surface area contributed by atoms with Crippen LogP contribution in [0, 0.1) is 0 Å². The van der Waals surface area contributed by atoms with Gasteiger partial charge in [0.1, 0.15) is 17.8 Å². The number of fused-ring (bicyclic) bond motifs is 1. The Labute approximate surface area is 183 Å². The van der Waals surface area contributed by atoms with Crippen LogP contribution in [0.1, 0.15) is 11.3 Å². The van der Waals surface area contributed by atoms with Crippen LogP contribution in [-0.4, -0.2) is 22.0 Å². The van der Waals surface area contributed by atoms with Crippen LogP contribution in [-0.2, 0) is 17.4 Å². The summed E-state index contributed by atoms with van der Waals surface area (Å²) in [5.41, 5.74) is -0.474. The van der Waals surface area contributed by atoms with Gasteiger partial charge in [0, 0.05) is 17.4 Å². The van der Waals surface area contributed by atoms with Crippen LogP contribution >= 0.6 is 11.6 Å². The quantitative estimate of drug-likeness (QED) is 0.524. The molecule has 0 saturated carbocycles. The Bertz CT molecular complexity index is 1220. The maximum atomic E-state index is 13.0. The number of alkyl halides is 3. The molecule has 0 fully saturated rings. The van der Waals surface area contributed by atoms with Gasteiger partial charge in [-0.2, -0.15) is 18.2 Å². The number of esters is 1. The average molecular weight is 465 g/mol. The number of urea groups is 1. The van der Waals surface area contributed by atoms with Crippen LogP contribution < -0.4 is 20.1 Å². The van der Waals surface area contributed by atoms with Gasteiger partial charge in [-0.05, 0) is 30.3 Å². The zero-order valence-corrected chi connectivity index (χ0v) is 16.6. The van der Waals surface area contributed by atoms with E-state index in [0.29, 0.717) is 5.69 Å². The van der Waals surface area contributed by atoms with Gasteiger partial charge in [0.2, 0.25) is 5.75 Å². The lowest BCUT2D eigenvalue weighted by Crippen LogP contribution is -2.20. The molecule has 12 heteroatoms. The summed E-state index contributed by atoms with van der Waals surface area (Å²) in [4.78, 5) is 31.6. The Hall–Kier alpha value is -3.86. The van der Waals surface area contributed by atoms with Gasteiger partial charge in [-0.1, -0.05) is 17.7 Å². The largest absolute Gasteiger partial charge is 0.436 e. The van der Waals surface area contributed by atoms with Crippen molar-refractivity contribution in [2.24, 2.45) is 0 Å².